The summed E-state index contributed by atoms with van der Waals surface area (Å²) >= 11 is 3.70. The number of anilines is 1. The number of likely N-dealkylation sites (N-methyl/N-ethyl adjacent to an activating group) is 1. The first-order valence-electron chi connectivity index (χ1n) is 12.7. The number of likely N-dealkylation sites (tertiary alicyclic amines) is 1. The van der Waals surface area contributed by atoms with Crippen LogP contribution in [0.4, 0.5) is 5.69 Å². The molecule has 8 nitrogen and oxygen atoms in total. The summed E-state index contributed by atoms with van der Waals surface area (Å²) in [5.41, 5.74) is 1.51. The number of benzene rings is 1. The van der Waals surface area contributed by atoms with Crippen LogP contribution < -0.4 is 4.90 Å². The highest BCUT2D eigenvalue weighted by Gasteiger charge is 2.76. The van der Waals surface area contributed by atoms with E-state index in [2.05, 4.69) is 29.1 Å². The van der Waals surface area contributed by atoms with Crippen molar-refractivity contribution in [3.63, 3.8) is 0 Å². The van der Waals surface area contributed by atoms with E-state index < -0.39 is 29.6 Å². The van der Waals surface area contributed by atoms with Crippen LogP contribution in [0.2, 0.25) is 0 Å². The highest BCUT2D eigenvalue weighted by molar-refractivity contribution is 9.09. The molecule has 2 bridgehead atoms. The molecular formula is C28H36BrN3O5. The van der Waals surface area contributed by atoms with Crippen LogP contribution in [0.5, 0.6) is 0 Å². The lowest BCUT2D eigenvalue weighted by Crippen LogP contribution is -2.57. The number of aryl methyl sites for hydroxylation is 2. The van der Waals surface area contributed by atoms with E-state index in [0.717, 1.165) is 16.8 Å². The molecule has 4 rings (SSSR count). The van der Waals surface area contributed by atoms with Crippen LogP contribution in [-0.2, 0) is 19.1 Å². The molecule has 3 heterocycles. The topological polar surface area (TPSA) is 90.4 Å². The molecule has 0 radical (unpaired) electrons. The third-order valence-electron chi connectivity index (χ3n) is 7.93. The van der Waals surface area contributed by atoms with E-state index in [1.807, 2.05) is 32.0 Å². The number of nitrogens with zero attached hydrogens (tertiary/aromatic N) is 3. The van der Waals surface area contributed by atoms with Crippen molar-refractivity contribution in [2.24, 2.45) is 11.8 Å². The Morgan fingerprint density at radius 2 is 1.86 bits per heavy atom. The number of ether oxygens (including phenoxy) is 1. The van der Waals surface area contributed by atoms with Gasteiger partial charge in [0.2, 0.25) is 11.8 Å². The van der Waals surface area contributed by atoms with Gasteiger partial charge in [-0.25, -0.2) is 0 Å². The first kappa shape index (κ1) is 27.5. The van der Waals surface area contributed by atoms with Crippen molar-refractivity contribution >= 4 is 39.3 Å². The van der Waals surface area contributed by atoms with Gasteiger partial charge < -0.3 is 24.5 Å². The van der Waals surface area contributed by atoms with E-state index in [1.165, 1.54) is 0 Å². The molecule has 3 aliphatic heterocycles. The zero-order valence-electron chi connectivity index (χ0n) is 21.7. The van der Waals surface area contributed by atoms with E-state index >= 15 is 0 Å². The second-order valence-electron chi connectivity index (χ2n) is 10.3. The predicted molar refractivity (Wildman–Crippen MR) is 145 cm³/mol. The highest BCUT2D eigenvalue weighted by atomic mass is 79.9. The minimum Gasteiger partial charge on any atom is -0.396 e. The molecule has 0 aromatic heterocycles. The standard InChI is InChI=1S/C28H36BrN3O5/c1-6-12-30(5)25(34)20-21-26(35)32(14-9-15-33)24(28(21)16-19(29)23(20)37-28)27(36)31(13-7-2)22-17(3)10-8-11-18(22)4/h6-8,10-11,19-21,23-24,33H,1-2,9,12-16H2,3-5H3/t19?,20-,21+,23-,24?,28?/m1/s1. The van der Waals surface area contributed by atoms with Crippen LogP contribution in [-0.4, -0.2) is 88.5 Å². The Morgan fingerprint density at radius 1 is 1.22 bits per heavy atom. The molecule has 9 heteroatoms. The summed E-state index contributed by atoms with van der Waals surface area (Å²) in [6.07, 6.45) is 3.55. The van der Waals surface area contributed by atoms with Crippen molar-refractivity contribution in [1.82, 2.24) is 9.80 Å². The molecular weight excluding hydrogens is 538 g/mol. The van der Waals surface area contributed by atoms with Crippen LogP contribution in [0, 0.1) is 25.7 Å². The van der Waals surface area contributed by atoms with Gasteiger partial charge in [-0.1, -0.05) is 46.3 Å². The molecule has 3 fully saturated rings. The van der Waals surface area contributed by atoms with Crippen molar-refractivity contribution in [3.8, 4) is 0 Å². The average molecular weight is 575 g/mol. The Labute approximate surface area is 227 Å². The second-order valence-corrected chi connectivity index (χ2v) is 11.4. The zero-order valence-corrected chi connectivity index (χ0v) is 23.3. The van der Waals surface area contributed by atoms with Gasteiger partial charge in [-0.15, -0.1) is 13.2 Å². The number of alkyl halides is 1. The maximum Gasteiger partial charge on any atom is 0.253 e. The smallest absolute Gasteiger partial charge is 0.253 e. The monoisotopic (exact) mass is 573 g/mol. The summed E-state index contributed by atoms with van der Waals surface area (Å²) in [5.74, 6) is -2.21. The van der Waals surface area contributed by atoms with Crippen molar-refractivity contribution in [3.05, 3.63) is 54.6 Å². The fraction of sp³-hybridized carbons (Fsp3) is 0.536. The number of para-hydroxylation sites is 1. The van der Waals surface area contributed by atoms with Crippen LogP contribution in [0.3, 0.4) is 0 Å². The molecule has 1 aromatic rings. The van der Waals surface area contributed by atoms with Crippen LogP contribution in [0.15, 0.2) is 43.5 Å². The number of halogens is 1. The molecule has 1 spiro atoms. The third kappa shape index (κ3) is 4.34. The first-order valence-corrected chi connectivity index (χ1v) is 13.6. The van der Waals surface area contributed by atoms with Crippen LogP contribution >= 0.6 is 15.9 Å². The van der Waals surface area contributed by atoms with Crippen molar-refractivity contribution in [1.29, 1.82) is 0 Å². The molecule has 1 aromatic carbocycles. The SMILES string of the molecule is C=CCN(C)C(=O)[C@H]1[C@@H]2OC3(CC2Br)C(C(=O)N(CC=C)c2c(C)cccc2C)N(CCCO)C(=O)[C@H]13. The number of rotatable bonds is 10. The predicted octanol–water partition coefficient (Wildman–Crippen LogP) is 2.60. The Morgan fingerprint density at radius 3 is 2.46 bits per heavy atom. The summed E-state index contributed by atoms with van der Waals surface area (Å²) in [6.45, 7) is 12.2. The second kappa shape index (κ2) is 10.7. The summed E-state index contributed by atoms with van der Waals surface area (Å²) in [5, 5.41) is 9.57. The fourth-order valence-electron chi connectivity index (χ4n) is 6.51. The maximum absolute atomic E-state index is 14.5. The fourth-order valence-corrected chi connectivity index (χ4v) is 7.45. The van der Waals surface area contributed by atoms with Crippen molar-refractivity contribution in [2.45, 2.75) is 49.3 Å². The van der Waals surface area contributed by atoms with Gasteiger partial charge in [-0.3, -0.25) is 14.4 Å². The maximum atomic E-state index is 14.5. The van der Waals surface area contributed by atoms with Gasteiger partial charge in [0.1, 0.15) is 11.6 Å². The molecule has 6 atom stereocenters. The average Bonchev–Trinajstić information content (AvgIpc) is 3.44. The van der Waals surface area contributed by atoms with Crippen LogP contribution in [0.25, 0.3) is 0 Å². The molecule has 3 amide bonds. The van der Waals surface area contributed by atoms with Gasteiger partial charge in [-0.2, -0.15) is 0 Å². The molecule has 3 aliphatic rings. The van der Waals surface area contributed by atoms with Crippen LogP contribution in [0.1, 0.15) is 24.0 Å². The summed E-state index contributed by atoms with van der Waals surface area (Å²) in [7, 11) is 1.68. The largest absolute Gasteiger partial charge is 0.396 e. The Hall–Kier alpha value is -2.49. The molecule has 3 unspecified atom stereocenters. The summed E-state index contributed by atoms with van der Waals surface area (Å²) < 4.78 is 6.58. The Kier molecular flexibility index (Phi) is 7.97. The van der Waals surface area contributed by atoms with E-state index in [9.17, 15) is 19.5 Å². The van der Waals surface area contributed by atoms with Gasteiger partial charge in [0.05, 0.1) is 17.9 Å². The van der Waals surface area contributed by atoms with E-state index in [1.54, 1.807) is 33.9 Å². The minimum absolute atomic E-state index is 0.120. The Bertz CT molecular complexity index is 1090. The van der Waals surface area contributed by atoms with Gasteiger partial charge >= 0.3 is 0 Å². The van der Waals surface area contributed by atoms with Gasteiger partial charge in [-0.05, 0) is 37.8 Å². The molecule has 0 saturated carbocycles. The zero-order chi connectivity index (χ0) is 27.1. The van der Waals surface area contributed by atoms with Crippen molar-refractivity contribution < 1.29 is 24.2 Å². The van der Waals surface area contributed by atoms with Gasteiger partial charge in [0, 0.05) is 43.8 Å². The number of hydrogen-bond donors (Lipinski definition) is 1. The summed E-state index contributed by atoms with van der Waals surface area (Å²) in [4.78, 5) is 46.7. The number of carbonyl (C=O) groups is 3. The number of amides is 3. The third-order valence-corrected chi connectivity index (χ3v) is 8.78. The molecule has 0 aliphatic carbocycles. The first-order chi connectivity index (χ1) is 17.6. The highest BCUT2D eigenvalue weighted by Crippen LogP contribution is 2.60. The number of fused-ring (bicyclic) bond motifs is 1. The van der Waals surface area contributed by atoms with E-state index in [4.69, 9.17) is 4.74 Å². The minimum atomic E-state index is -1.15. The lowest BCUT2D eigenvalue weighted by Gasteiger charge is -2.38. The molecule has 37 heavy (non-hydrogen) atoms. The quantitative estimate of drug-likeness (QED) is 0.343. The normalized spacial score (nSPS) is 29.8. The lowest BCUT2D eigenvalue weighted by molar-refractivity contribution is -0.144. The van der Waals surface area contributed by atoms with E-state index in [0.29, 0.717) is 19.4 Å². The lowest BCUT2D eigenvalue weighted by atomic mass is 9.70. The van der Waals surface area contributed by atoms with E-state index in [-0.39, 0.29) is 42.2 Å². The number of aliphatic hydroxyl groups is 1. The van der Waals surface area contributed by atoms with Gasteiger partial charge in [0.15, 0.2) is 0 Å². The number of aliphatic hydroxyl groups excluding tert-OH is 1. The van der Waals surface area contributed by atoms with Crippen molar-refractivity contribution in [2.75, 3.05) is 38.2 Å². The number of hydrogen-bond acceptors (Lipinski definition) is 5. The Balaban J connectivity index is 1.82. The number of carbonyl (C=O) groups excluding carboxylic acids is 3. The molecule has 1 N–H and O–H groups in total. The molecule has 3 saturated heterocycles. The van der Waals surface area contributed by atoms with Gasteiger partial charge in [0.25, 0.3) is 5.91 Å². The summed E-state index contributed by atoms with van der Waals surface area (Å²) in [6, 6.07) is 4.92. The molecule has 200 valence electrons.